The summed E-state index contributed by atoms with van der Waals surface area (Å²) in [4.78, 5) is 26.9. The van der Waals surface area contributed by atoms with Crippen LogP contribution in [0.4, 0.5) is 5.69 Å². The van der Waals surface area contributed by atoms with E-state index >= 15 is 0 Å². The summed E-state index contributed by atoms with van der Waals surface area (Å²) in [5.41, 5.74) is 1.62. The molecule has 0 spiro atoms. The summed E-state index contributed by atoms with van der Waals surface area (Å²) in [6, 6.07) is 12.0. The SMILES string of the molecule is CCN1C(=O)C(Nc2cc(OC)ccc2OC)=C(c2ccc(Cl)cc2)C1=O. The van der Waals surface area contributed by atoms with Crippen LogP contribution >= 0.6 is 11.6 Å². The van der Waals surface area contributed by atoms with Gasteiger partial charge < -0.3 is 14.8 Å². The third-order valence-electron chi connectivity index (χ3n) is 4.28. The van der Waals surface area contributed by atoms with Crippen LogP contribution in [0.15, 0.2) is 48.2 Å². The van der Waals surface area contributed by atoms with Gasteiger partial charge in [-0.15, -0.1) is 0 Å². The second-order valence-corrected chi connectivity index (χ2v) is 6.24. The monoisotopic (exact) mass is 386 g/mol. The summed E-state index contributed by atoms with van der Waals surface area (Å²) in [7, 11) is 3.08. The summed E-state index contributed by atoms with van der Waals surface area (Å²) in [5, 5.41) is 3.62. The van der Waals surface area contributed by atoms with Crippen molar-refractivity contribution in [3.63, 3.8) is 0 Å². The van der Waals surface area contributed by atoms with Gasteiger partial charge in [0.25, 0.3) is 11.8 Å². The fraction of sp³-hybridized carbons (Fsp3) is 0.200. The van der Waals surface area contributed by atoms with Gasteiger partial charge >= 0.3 is 0 Å². The quantitative estimate of drug-likeness (QED) is 0.769. The van der Waals surface area contributed by atoms with E-state index in [0.717, 1.165) is 0 Å². The number of carbonyl (C=O) groups is 2. The van der Waals surface area contributed by atoms with Crippen LogP contribution in [-0.2, 0) is 9.59 Å². The number of nitrogens with zero attached hydrogens (tertiary/aromatic N) is 1. The van der Waals surface area contributed by atoms with Gasteiger partial charge in [-0.3, -0.25) is 14.5 Å². The van der Waals surface area contributed by atoms with Crippen LogP contribution in [0.2, 0.25) is 5.02 Å². The van der Waals surface area contributed by atoms with Gasteiger partial charge in [-0.25, -0.2) is 0 Å². The third-order valence-corrected chi connectivity index (χ3v) is 4.54. The largest absolute Gasteiger partial charge is 0.497 e. The number of hydrogen-bond acceptors (Lipinski definition) is 5. The lowest BCUT2D eigenvalue weighted by atomic mass is 10.0. The first-order valence-corrected chi connectivity index (χ1v) is 8.73. The van der Waals surface area contributed by atoms with Crippen molar-refractivity contribution >= 4 is 34.7 Å². The molecule has 0 radical (unpaired) electrons. The normalized spacial score (nSPS) is 14.0. The maximum atomic E-state index is 12.8. The number of anilines is 1. The number of amides is 2. The molecule has 140 valence electrons. The van der Waals surface area contributed by atoms with Crippen molar-refractivity contribution < 1.29 is 19.1 Å². The summed E-state index contributed by atoms with van der Waals surface area (Å²) in [5.74, 6) is 0.372. The molecular formula is C20H19ClN2O4. The fourth-order valence-corrected chi connectivity index (χ4v) is 3.04. The molecule has 0 unspecified atom stereocenters. The lowest BCUT2D eigenvalue weighted by molar-refractivity contribution is -0.136. The van der Waals surface area contributed by atoms with Gasteiger partial charge in [0, 0.05) is 17.6 Å². The molecule has 0 atom stereocenters. The summed E-state index contributed by atoms with van der Waals surface area (Å²) in [6.45, 7) is 2.03. The van der Waals surface area contributed by atoms with Crippen LogP contribution in [0, 0.1) is 0 Å². The third kappa shape index (κ3) is 3.48. The van der Waals surface area contributed by atoms with E-state index in [-0.39, 0.29) is 18.1 Å². The number of nitrogens with one attached hydrogen (secondary N) is 1. The van der Waals surface area contributed by atoms with E-state index in [9.17, 15) is 9.59 Å². The van der Waals surface area contributed by atoms with Crippen LogP contribution in [0.5, 0.6) is 11.5 Å². The van der Waals surface area contributed by atoms with Crippen molar-refractivity contribution in [3.05, 3.63) is 58.7 Å². The smallest absolute Gasteiger partial charge is 0.278 e. The van der Waals surface area contributed by atoms with E-state index in [0.29, 0.717) is 33.3 Å². The van der Waals surface area contributed by atoms with Crippen LogP contribution in [0.25, 0.3) is 5.57 Å². The van der Waals surface area contributed by atoms with Crippen molar-refractivity contribution in [2.45, 2.75) is 6.92 Å². The second kappa shape index (κ2) is 7.72. The zero-order valence-corrected chi connectivity index (χ0v) is 16.0. The first kappa shape index (κ1) is 18.8. The summed E-state index contributed by atoms with van der Waals surface area (Å²) >= 11 is 5.95. The Morgan fingerprint density at radius 2 is 1.70 bits per heavy atom. The van der Waals surface area contributed by atoms with E-state index in [1.165, 1.54) is 12.0 Å². The molecule has 7 heteroatoms. The van der Waals surface area contributed by atoms with Crippen molar-refractivity contribution in [1.82, 2.24) is 4.90 Å². The van der Waals surface area contributed by atoms with Gasteiger partial charge in [0.15, 0.2) is 0 Å². The average Bonchev–Trinajstić information content (AvgIpc) is 2.91. The standard InChI is InChI=1S/C20H19ClN2O4/c1-4-23-19(24)17(12-5-7-13(21)8-6-12)18(20(23)25)22-15-11-14(26-2)9-10-16(15)27-3/h5-11,22H,4H2,1-3H3. The number of likely N-dealkylation sites (N-methyl/N-ethyl adjacent to an activating group) is 1. The zero-order valence-electron chi connectivity index (χ0n) is 15.2. The predicted molar refractivity (Wildman–Crippen MR) is 104 cm³/mol. The number of ether oxygens (including phenoxy) is 2. The zero-order chi connectivity index (χ0) is 19.6. The molecule has 6 nitrogen and oxygen atoms in total. The Labute approximate surface area is 162 Å². The topological polar surface area (TPSA) is 67.9 Å². The number of carbonyl (C=O) groups excluding carboxylic acids is 2. The van der Waals surface area contributed by atoms with Crippen molar-refractivity contribution in [3.8, 4) is 11.5 Å². The molecule has 1 N–H and O–H groups in total. The van der Waals surface area contributed by atoms with Gasteiger partial charge in [-0.2, -0.15) is 0 Å². The molecule has 0 fully saturated rings. The fourth-order valence-electron chi connectivity index (χ4n) is 2.91. The maximum Gasteiger partial charge on any atom is 0.278 e. The van der Waals surface area contributed by atoms with E-state index in [1.54, 1.807) is 56.5 Å². The van der Waals surface area contributed by atoms with Crippen LogP contribution in [0.1, 0.15) is 12.5 Å². The molecule has 0 aromatic heterocycles. The minimum absolute atomic E-state index is 0.190. The molecule has 0 saturated carbocycles. The van der Waals surface area contributed by atoms with Crippen molar-refractivity contribution in [2.75, 3.05) is 26.1 Å². The van der Waals surface area contributed by atoms with E-state index in [4.69, 9.17) is 21.1 Å². The van der Waals surface area contributed by atoms with Gasteiger partial charge in [0.2, 0.25) is 0 Å². The molecule has 2 aromatic carbocycles. The van der Waals surface area contributed by atoms with E-state index in [2.05, 4.69) is 5.32 Å². The highest BCUT2D eigenvalue weighted by Crippen LogP contribution is 2.35. The Balaban J connectivity index is 2.12. The average molecular weight is 387 g/mol. The maximum absolute atomic E-state index is 12.8. The minimum Gasteiger partial charge on any atom is -0.497 e. The van der Waals surface area contributed by atoms with Crippen LogP contribution in [0.3, 0.4) is 0 Å². The number of benzene rings is 2. The van der Waals surface area contributed by atoms with Crippen LogP contribution < -0.4 is 14.8 Å². The lowest BCUT2D eigenvalue weighted by Gasteiger charge is -2.14. The second-order valence-electron chi connectivity index (χ2n) is 5.80. The highest BCUT2D eigenvalue weighted by atomic mass is 35.5. The van der Waals surface area contributed by atoms with E-state index < -0.39 is 5.91 Å². The number of hydrogen-bond donors (Lipinski definition) is 1. The Bertz CT molecular complexity index is 922. The predicted octanol–water partition coefficient (Wildman–Crippen LogP) is 3.57. The molecule has 1 heterocycles. The minimum atomic E-state index is -0.391. The lowest BCUT2D eigenvalue weighted by Crippen LogP contribution is -2.32. The Kier molecular flexibility index (Phi) is 5.37. The molecule has 0 aliphatic carbocycles. The molecule has 0 bridgehead atoms. The number of imide groups is 1. The van der Waals surface area contributed by atoms with Crippen molar-refractivity contribution in [1.29, 1.82) is 0 Å². The number of halogens is 1. The van der Waals surface area contributed by atoms with Crippen molar-refractivity contribution in [2.24, 2.45) is 0 Å². The molecule has 1 aliphatic rings. The van der Waals surface area contributed by atoms with Gasteiger partial charge in [-0.1, -0.05) is 23.7 Å². The van der Waals surface area contributed by atoms with Crippen LogP contribution in [-0.4, -0.2) is 37.5 Å². The Morgan fingerprint density at radius 3 is 2.30 bits per heavy atom. The molecule has 2 amide bonds. The molecular weight excluding hydrogens is 368 g/mol. The Morgan fingerprint density at radius 1 is 1.00 bits per heavy atom. The van der Waals surface area contributed by atoms with Gasteiger partial charge in [0.1, 0.15) is 17.2 Å². The number of methoxy groups -OCH3 is 2. The number of rotatable bonds is 6. The molecule has 1 aliphatic heterocycles. The first-order chi connectivity index (χ1) is 13.0. The van der Waals surface area contributed by atoms with Gasteiger partial charge in [-0.05, 0) is 36.8 Å². The molecule has 27 heavy (non-hydrogen) atoms. The summed E-state index contributed by atoms with van der Waals surface area (Å²) < 4.78 is 10.6. The van der Waals surface area contributed by atoms with E-state index in [1.807, 2.05) is 0 Å². The molecule has 2 aromatic rings. The molecule has 0 saturated heterocycles. The highest BCUT2D eigenvalue weighted by Gasteiger charge is 2.38. The summed E-state index contributed by atoms with van der Waals surface area (Å²) in [6.07, 6.45) is 0. The first-order valence-electron chi connectivity index (χ1n) is 8.35. The molecule has 3 rings (SSSR count). The van der Waals surface area contributed by atoms with Gasteiger partial charge in [0.05, 0.1) is 25.5 Å². The Hall–Kier alpha value is -2.99. The highest BCUT2D eigenvalue weighted by molar-refractivity contribution is 6.37.